The van der Waals surface area contributed by atoms with E-state index in [1.165, 1.54) is 12.1 Å². The van der Waals surface area contributed by atoms with Gasteiger partial charge in [-0.15, -0.1) is 11.6 Å². The maximum atomic E-state index is 13.2. The lowest BCUT2D eigenvalue weighted by Crippen LogP contribution is -2.31. The van der Waals surface area contributed by atoms with Crippen molar-refractivity contribution >= 4 is 29.1 Å². The molecule has 0 spiro atoms. The Morgan fingerprint density at radius 3 is 2.62 bits per heavy atom. The molecule has 1 atom stereocenters. The second-order valence-corrected chi connectivity index (χ2v) is 5.80. The molecule has 108 valence electrons. The number of nitrogens with one attached hydrogen (secondary N) is 1. The molecule has 0 aromatic heterocycles. The Labute approximate surface area is 131 Å². The lowest BCUT2D eigenvalue weighted by atomic mass is 9.95. The minimum absolute atomic E-state index is 0.0360. The van der Waals surface area contributed by atoms with Crippen molar-refractivity contribution in [1.29, 1.82) is 0 Å². The van der Waals surface area contributed by atoms with Crippen LogP contribution in [0, 0.1) is 5.82 Å². The zero-order chi connectivity index (χ0) is 15.0. The second-order valence-electron chi connectivity index (χ2n) is 4.96. The van der Waals surface area contributed by atoms with Crippen molar-refractivity contribution in [3.05, 3.63) is 69.5 Å². The van der Waals surface area contributed by atoms with Gasteiger partial charge in [-0.2, -0.15) is 0 Å². The fourth-order valence-electron chi connectivity index (χ4n) is 2.45. The summed E-state index contributed by atoms with van der Waals surface area (Å²) in [5.41, 5.74) is 3.15. The third-order valence-corrected chi connectivity index (χ3v) is 4.38. The van der Waals surface area contributed by atoms with E-state index < -0.39 is 11.2 Å². The van der Waals surface area contributed by atoms with Crippen LogP contribution >= 0.6 is 23.2 Å². The van der Waals surface area contributed by atoms with E-state index in [0.29, 0.717) is 17.7 Å². The van der Waals surface area contributed by atoms with Gasteiger partial charge < -0.3 is 5.32 Å². The molecule has 1 N–H and O–H groups in total. The zero-order valence-corrected chi connectivity index (χ0v) is 12.5. The van der Waals surface area contributed by atoms with Crippen LogP contribution in [0.3, 0.4) is 0 Å². The second kappa shape index (κ2) is 5.66. The summed E-state index contributed by atoms with van der Waals surface area (Å²) < 4.78 is 13.2. The highest BCUT2D eigenvalue weighted by Crippen LogP contribution is 2.32. The average molecular weight is 324 g/mol. The Kier molecular flexibility index (Phi) is 3.87. The molecule has 2 aromatic rings. The number of benzene rings is 2. The van der Waals surface area contributed by atoms with Gasteiger partial charge in [-0.1, -0.05) is 29.8 Å². The molecular weight excluding hydrogens is 312 g/mol. The minimum Gasteiger partial charge on any atom is -0.352 e. The molecule has 5 heteroatoms. The number of fused-ring (bicyclic) bond motifs is 1. The number of carbonyl (C=O) groups is 1. The summed E-state index contributed by atoms with van der Waals surface area (Å²) in [6.07, 6.45) is 0.816. The van der Waals surface area contributed by atoms with Gasteiger partial charge in [0, 0.05) is 12.1 Å². The van der Waals surface area contributed by atoms with E-state index in [4.69, 9.17) is 23.2 Å². The van der Waals surface area contributed by atoms with Crippen molar-refractivity contribution in [3.63, 3.8) is 0 Å². The molecule has 0 radical (unpaired) electrons. The van der Waals surface area contributed by atoms with Gasteiger partial charge in [0.1, 0.15) is 5.82 Å². The summed E-state index contributed by atoms with van der Waals surface area (Å²) in [6, 6.07) is 10.00. The largest absolute Gasteiger partial charge is 0.352 e. The summed E-state index contributed by atoms with van der Waals surface area (Å²) in [6.45, 7) is 0.656. The van der Waals surface area contributed by atoms with E-state index in [9.17, 15) is 9.18 Å². The molecule has 2 aromatic carbocycles. The first-order valence-electron chi connectivity index (χ1n) is 6.56. The van der Waals surface area contributed by atoms with Crippen molar-refractivity contribution in [3.8, 4) is 0 Å². The van der Waals surface area contributed by atoms with Crippen LogP contribution in [0.4, 0.5) is 4.39 Å². The van der Waals surface area contributed by atoms with E-state index >= 15 is 0 Å². The number of rotatable bonds is 2. The monoisotopic (exact) mass is 323 g/mol. The number of carbonyl (C=O) groups excluding carboxylic acids is 1. The van der Waals surface area contributed by atoms with Crippen LogP contribution in [-0.4, -0.2) is 12.5 Å². The fourth-order valence-corrected chi connectivity index (χ4v) is 2.91. The van der Waals surface area contributed by atoms with Crippen molar-refractivity contribution in [2.24, 2.45) is 0 Å². The van der Waals surface area contributed by atoms with E-state index in [1.54, 1.807) is 12.1 Å². The number of hydrogen-bond donors (Lipinski definition) is 1. The zero-order valence-electron chi connectivity index (χ0n) is 11.0. The lowest BCUT2D eigenvalue weighted by molar-refractivity contribution is 0.0946. The van der Waals surface area contributed by atoms with Gasteiger partial charge in [-0.3, -0.25) is 4.79 Å². The van der Waals surface area contributed by atoms with Gasteiger partial charge in [0.15, 0.2) is 0 Å². The Hall–Kier alpha value is -1.58. The molecule has 1 aliphatic heterocycles. The van der Waals surface area contributed by atoms with Crippen LogP contribution in [0.25, 0.3) is 0 Å². The van der Waals surface area contributed by atoms with Gasteiger partial charge in [0.25, 0.3) is 5.91 Å². The topological polar surface area (TPSA) is 29.1 Å². The Bertz CT molecular complexity index is 717. The van der Waals surface area contributed by atoms with Crippen LogP contribution in [0.5, 0.6) is 0 Å². The third kappa shape index (κ3) is 2.76. The molecule has 1 unspecified atom stereocenters. The van der Waals surface area contributed by atoms with E-state index in [1.807, 2.05) is 12.1 Å². The highest BCUT2D eigenvalue weighted by Gasteiger charge is 2.20. The predicted molar refractivity (Wildman–Crippen MR) is 81.6 cm³/mol. The van der Waals surface area contributed by atoms with Gasteiger partial charge >= 0.3 is 0 Å². The molecule has 21 heavy (non-hydrogen) atoms. The molecule has 1 heterocycles. The van der Waals surface area contributed by atoms with Crippen molar-refractivity contribution in [1.82, 2.24) is 5.32 Å². The Morgan fingerprint density at radius 1 is 1.14 bits per heavy atom. The average Bonchev–Trinajstić information content (AvgIpc) is 2.49. The summed E-state index contributed by atoms with van der Waals surface area (Å²) in [5.74, 6) is -0.562. The summed E-state index contributed by atoms with van der Waals surface area (Å²) in [7, 11) is 0. The van der Waals surface area contributed by atoms with Crippen LogP contribution < -0.4 is 5.32 Å². The van der Waals surface area contributed by atoms with Gasteiger partial charge in [0.2, 0.25) is 0 Å². The molecule has 1 amide bonds. The highest BCUT2D eigenvalue weighted by atomic mass is 35.5. The van der Waals surface area contributed by atoms with Crippen molar-refractivity contribution < 1.29 is 9.18 Å². The molecule has 0 bridgehead atoms. The maximum absolute atomic E-state index is 13.2. The minimum atomic E-state index is -0.483. The quantitative estimate of drug-likeness (QED) is 0.828. The molecule has 1 aliphatic rings. The number of amides is 1. The molecule has 3 rings (SSSR count). The maximum Gasteiger partial charge on any atom is 0.251 e. The molecular formula is C16H12Cl2FNO. The SMILES string of the molecule is O=C1NCCc2ccc(C(Cl)c3ccc(F)c(Cl)c3)cc21. The number of hydrogen-bond acceptors (Lipinski definition) is 1. The van der Waals surface area contributed by atoms with Crippen LogP contribution in [0.1, 0.15) is 32.4 Å². The Morgan fingerprint density at radius 2 is 1.86 bits per heavy atom. The summed E-state index contributed by atoms with van der Waals surface area (Å²) >= 11 is 12.2. The summed E-state index contributed by atoms with van der Waals surface area (Å²) in [4.78, 5) is 11.9. The standard InChI is InChI=1S/C16H12Cl2FNO/c17-13-8-11(3-4-14(13)19)15(18)10-2-1-9-5-6-20-16(21)12(9)7-10/h1-4,7-8,15H,5-6H2,(H,20,21). The lowest BCUT2D eigenvalue weighted by Gasteiger charge is -2.19. The van der Waals surface area contributed by atoms with E-state index in [2.05, 4.69) is 5.32 Å². The van der Waals surface area contributed by atoms with E-state index in [0.717, 1.165) is 17.5 Å². The van der Waals surface area contributed by atoms with Crippen LogP contribution in [0.2, 0.25) is 5.02 Å². The highest BCUT2D eigenvalue weighted by molar-refractivity contribution is 6.31. The normalized spacial score (nSPS) is 15.3. The van der Waals surface area contributed by atoms with Crippen molar-refractivity contribution in [2.75, 3.05) is 6.54 Å². The van der Waals surface area contributed by atoms with Gasteiger partial charge in [-0.25, -0.2) is 4.39 Å². The van der Waals surface area contributed by atoms with E-state index in [-0.39, 0.29) is 10.9 Å². The smallest absolute Gasteiger partial charge is 0.251 e. The van der Waals surface area contributed by atoms with Gasteiger partial charge in [-0.05, 0) is 41.3 Å². The predicted octanol–water partition coefficient (Wildman–Crippen LogP) is 4.09. The van der Waals surface area contributed by atoms with Gasteiger partial charge in [0.05, 0.1) is 10.4 Å². The number of alkyl halides is 1. The number of halogens is 3. The molecule has 0 fully saturated rings. The molecule has 0 aliphatic carbocycles. The Balaban J connectivity index is 1.98. The summed E-state index contributed by atoms with van der Waals surface area (Å²) in [5, 5.41) is 2.36. The molecule has 0 saturated heterocycles. The van der Waals surface area contributed by atoms with Crippen molar-refractivity contribution in [2.45, 2.75) is 11.8 Å². The third-order valence-electron chi connectivity index (χ3n) is 3.59. The first kappa shape index (κ1) is 14.4. The first-order chi connectivity index (χ1) is 10.1. The van der Waals surface area contributed by atoms with Crippen LogP contribution in [-0.2, 0) is 6.42 Å². The molecule has 2 nitrogen and oxygen atoms in total. The van der Waals surface area contributed by atoms with Crippen LogP contribution in [0.15, 0.2) is 36.4 Å². The molecule has 0 saturated carbocycles. The fraction of sp³-hybridized carbons (Fsp3) is 0.188. The first-order valence-corrected chi connectivity index (χ1v) is 7.38.